The Labute approximate surface area is 131 Å². The fourth-order valence-corrected chi connectivity index (χ4v) is 5.31. The monoisotopic (exact) mass is 313 g/mol. The highest BCUT2D eigenvalue weighted by atomic mass is 32.2. The highest BCUT2D eigenvalue weighted by molar-refractivity contribution is 7.99. The Morgan fingerprint density at radius 1 is 1.38 bits per heavy atom. The molecule has 0 aromatic rings. The topological polar surface area (TPSA) is 71.1 Å². The highest BCUT2D eigenvalue weighted by Crippen LogP contribution is 2.41. The Morgan fingerprint density at radius 3 is 2.76 bits per heavy atom. The molecule has 2 unspecified atom stereocenters. The normalized spacial score (nSPS) is 38.0. The van der Waals surface area contributed by atoms with Crippen LogP contribution in [0, 0.1) is 5.41 Å². The molecule has 0 radical (unpaired) electrons. The Kier molecular flexibility index (Phi) is 4.39. The van der Waals surface area contributed by atoms with Crippen molar-refractivity contribution in [1.82, 2.24) is 4.90 Å². The summed E-state index contributed by atoms with van der Waals surface area (Å²) in [5, 5.41) is 12.2. The molecule has 3 saturated heterocycles. The average molecular weight is 313 g/mol. The molecule has 3 aliphatic rings. The molecule has 0 saturated carbocycles. The van der Waals surface area contributed by atoms with Gasteiger partial charge in [0, 0.05) is 23.8 Å². The lowest BCUT2D eigenvalue weighted by molar-refractivity contribution is -0.0937. The lowest BCUT2D eigenvalue weighted by Gasteiger charge is -2.46. The first-order valence-corrected chi connectivity index (χ1v) is 9.16. The van der Waals surface area contributed by atoms with Crippen molar-refractivity contribution in [2.45, 2.75) is 50.7 Å². The van der Waals surface area contributed by atoms with Crippen molar-refractivity contribution in [3.63, 3.8) is 0 Å². The van der Waals surface area contributed by atoms with Crippen LogP contribution < -0.4 is 5.73 Å². The van der Waals surface area contributed by atoms with Crippen LogP contribution in [0.4, 0.5) is 0 Å². The number of amidine groups is 1. The van der Waals surface area contributed by atoms with E-state index in [1.807, 2.05) is 11.8 Å². The van der Waals surface area contributed by atoms with Gasteiger partial charge >= 0.3 is 0 Å². The van der Waals surface area contributed by atoms with Gasteiger partial charge in [-0.2, -0.15) is 11.8 Å². The van der Waals surface area contributed by atoms with Crippen LogP contribution in [0.15, 0.2) is 5.16 Å². The number of ether oxygens (including phenoxy) is 1. The van der Waals surface area contributed by atoms with Crippen LogP contribution in [0.5, 0.6) is 0 Å². The molecule has 1 spiro atoms. The minimum Gasteiger partial charge on any atom is -0.409 e. The van der Waals surface area contributed by atoms with E-state index < -0.39 is 0 Å². The summed E-state index contributed by atoms with van der Waals surface area (Å²) in [5.41, 5.74) is 5.87. The summed E-state index contributed by atoms with van der Waals surface area (Å²) in [6.45, 7) is 5.10. The summed E-state index contributed by atoms with van der Waals surface area (Å²) in [6.07, 6.45) is 5.49. The van der Waals surface area contributed by atoms with Crippen molar-refractivity contribution in [2.75, 3.05) is 31.2 Å². The molecule has 3 N–H and O–H groups in total. The van der Waals surface area contributed by atoms with Crippen molar-refractivity contribution in [1.29, 1.82) is 0 Å². The molecule has 3 aliphatic heterocycles. The number of piperidine rings is 1. The van der Waals surface area contributed by atoms with Gasteiger partial charge in [-0.25, -0.2) is 0 Å². The zero-order chi connectivity index (χ0) is 14.9. The van der Waals surface area contributed by atoms with Gasteiger partial charge in [-0.05, 0) is 50.9 Å². The van der Waals surface area contributed by atoms with E-state index in [-0.39, 0.29) is 11.0 Å². The maximum atomic E-state index is 8.94. The lowest BCUT2D eigenvalue weighted by atomic mass is 9.78. The van der Waals surface area contributed by atoms with Crippen molar-refractivity contribution < 1.29 is 9.94 Å². The molecule has 0 bridgehead atoms. The molecule has 3 heterocycles. The second-order valence-corrected chi connectivity index (χ2v) is 8.17. The second kappa shape index (κ2) is 5.97. The molecule has 21 heavy (non-hydrogen) atoms. The van der Waals surface area contributed by atoms with E-state index in [9.17, 15) is 0 Å². The number of nitrogens with zero attached hydrogens (tertiary/aromatic N) is 2. The number of likely N-dealkylation sites (tertiary alicyclic amines) is 1. The number of nitrogens with two attached hydrogens (primary N) is 1. The fourth-order valence-electron chi connectivity index (χ4n) is 3.94. The van der Waals surface area contributed by atoms with Crippen LogP contribution in [-0.2, 0) is 4.74 Å². The van der Waals surface area contributed by atoms with Crippen molar-refractivity contribution in [3.05, 3.63) is 0 Å². The Balaban J connectivity index is 1.59. The Bertz CT molecular complexity index is 402. The molecular formula is C15H27N3O2S. The standard InChI is InChI=1S/C15H27N3O2S/c1-14(13(16)17-19)3-6-18(7-4-14)12-2-8-20-15(10-12)5-9-21-11-15/h12,19H,2-11H2,1H3,(H2,16,17). The zero-order valence-corrected chi connectivity index (χ0v) is 13.7. The number of thioether (sulfide) groups is 1. The van der Waals surface area contributed by atoms with Crippen LogP contribution in [-0.4, -0.2) is 58.8 Å². The van der Waals surface area contributed by atoms with Gasteiger partial charge in [0.05, 0.1) is 5.60 Å². The van der Waals surface area contributed by atoms with E-state index in [2.05, 4.69) is 17.0 Å². The Hall–Kier alpha value is -0.460. The maximum Gasteiger partial charge on any atom is 0.145 e. The second-order valence-electron chi connectivity index (χ2n) is 7.06. The molecule has 0 amide bonds. The van der Waals surface area contributed by atoms with Crippen LogP contribution in [0.2, 0.25) is 0 Å². The van der Waals surface area contributed by atoms with Gasteiger partial charge in [0.2, 0.25) is 0 Å². The van der Waals surface area contributed by atoms with Gasteiger partial charge < -0.3 is 20.6 Å². The molecule has 0 aromatic carbocycles. The largest absolute Gasteiger partial charge is 0.409 e. The number of hydrogen-bond donors (Lipinski definition) is 2. The van der Waals surface area contributed by atoms with Crippen LogP contribution in [0.25, 0.3) is 0 Å². The minimum atomic E-state index is -0.142. The lowest BCUT2D eigenvalue weighted by Crippen LogP contribution is -2.53. The highest BCUT2D eigenvalue weighted by Gasteiger charge is 2.43. The number of oxime groups is 1. The van der Waals surface area contributed by atoms with Crippen LogP contribution in [0.1, 0.15) is 39.0 Å². The van der Waals surface area contributed by atoms with E-state index >= 15 is 0 Å². The fraction of sp³-hybridized carbons (Fsp3) is 0.933. The first-order chi connectivity index (χ1) is 10.1. The van der Waals surface area contributed by atoms with Crippen LogP contribution >= 0.6 is 11.8 Å². The summed E-state index contributed by atoms with van der Waals surface area (Å²) in [5.74, 6) is 2.80. The molecule has 5 nitrogen and oxygen atoms in total. The van der Waals surface area contributed by atoms with Gasteiger partial charge in [0.15, 0.2) is 0 Å². The summed E-state index contributed by atoms with van der Waals surface area (Å²) in [4.78, 5) is 2.61. The predicted octanol–water partition coefficient (Wildman–Crippen LogP) is 1.89. The summed E-state index contributed by atoms with van der Waals surface area (Å²) in [6, 6.07) is 0.647. The van der Waals surface area contributed by atoms with Crippen molar-refractivity contribution >= 4 is 17.6 Å². The van der Waals surface area contributed by atoms with Gasteiger partial charge in [0.1, 0.15) is 5.84 Å². The number of hydrogen-bond acceptors (Lipinski definition) is 5. The third-order valence-corrected chi connectivity index (χ3v) is 6.90. The first-order valence-electron chi connectivity index (χ1n) is 8.01. The van der Waals surface area contributed by atoms with E-state index in [1.54, 1.807) is 0 Å². The molecular weight excluding hydrogens is 286 g/mol. The third kappa shape index (κ3) is 3.03. The van der Waals surface area contributed by atoms with E-state index in [4.69, 9.17) is 15.7 Å². The minimum absolute atomic E-state index is 0.142. The SMILES string of the molecule is CC1(C(N)=NO)CCN(C2CCOC3(CCSC3)C2)CC1. The molecule has 2 atom stereocenters. The first kappa shape index (κ1) is 15.4. The average Bonchev–Trinajstić information content (AvgIpc) is 2.95. The molecule has 120 valence electrons. The molecule has 0 aliphatic carbocycles. The molecule has 3 fully saturated rings. The van der Waals surface area contributed by atoms with E-state index in [0.717, 1.165) is 39.0 Å². The summed E-state index contributed by atoms with van der Waals surface area (Å²) < 4.78 is 6.12. The van der Waals surface area contributed by atoms with Crippen molar-refractivity contribution in [3.8, 4) is 0 Å². The quantitative estimate of drug-likeness (QED) is 0.352. The molecule has 3 rings (SSSR count). The summed E-state index contributed by atoms with van der Waals surface area (Å²) in [7, 11) is 0. The van der Waals surface area contributed by atoms with Crippen molar-refractivity contribution in [2.24, 2.45) is 16.3 Å². The van der Waals surface area contributed by atoms with Gasteiger partial charge in [-0.3, -0.25) is 0 Å². The molecule has 6 heteroatoms. The van der Waals surface area contributed by atoms with Gasteiger partial charge in [0.25, 0.3) is 0 Å². The van der Waals surface area contributed by atoms with E-state index in [1.165, 1.54) is 24.3 Å². The summed E-state index contributed by atoms with van der Waals surface area (Å²) >= 11 is 2.03. The Morgan fingerprint density at radius 2 is 2.14 bits per heavy atom. The number of rotatable bonds is 2. The molecule has 0 aromatic heterocycles. The smallest absolute Gasteiger partial charge is 0.145 e. The van der Waals surface area contributed by atoms with Gasteiger partial charge in [-0.1, -0.05) is 12.1 Å². The van der Waals surface area contributed by atoms with E-state index in [0.29, 0.717) is 11.9 Å². The van der Waals surface area contributed by atoms with Crippen LogP contribution in [0.3, 0.4) is 0 Å². The third-order valence-electron chi connectivity index (χ3n) is 5.68. The van der Waals surface area contributed by atoms with Gasteiger partial charge in [-0.15, -0.1) is 0 Å². The maximum absolute atomic E-state index is 8.94. The zero-order valence-electron chi connectivity index (χ0n) is 12.9. The predicted molar refractivity (Wildman–Crippen MR) is 86.0 cm³/mol.